The Morgan fingerprint density at radius 1 is 1.38 bits per heavy atom. The second-order valence-electron chi connectivity index (χ2n) is 3.46. The molecule has 13 heavy (non-hydrogen) atoms. The minimum Gasteiger partial charge on any atom is -0.295 e. The minimum absolute atomic E-state index is 0.162. The van der Waals surface area contributed by atoms with Crippen molar-refractivity contribution in [3.8, 4) is 0 Å². The van der Waals surface area contributed by atoms with Crippen LogP contribution < -0.4 is 0 Å². The van der Waals surface area contributed by atoms with Gasteiger partial charge in [0.05, 0.1) is 0 Å². The van der Waals surface area contributed by atoms with Gasteiger partial charge >= 0.3 is 0 Å². The number of rotatable bonds is 3. The summed E-state index contributed by atoms with van der Waals surface area (Å²) in [7, 11) is 0. The van der Waals surface area contributed by atoms with Crippen LogP contribution in [-0.4, -0.2) is 5.78 Å². The van der Waals surface area contributed by atoms with E-state index in [-0.39, 0.29) is 5.78 Å². The van der Waals surface area contributed by atoms with Crippen LogP contribution in [0, 0.1) is 6.92 Å². The Balaban J connectivity index is 3.04. The molecule has 0 fully saturated rings. The fourth-order valence-corrected chi connectivity index (χ4v) is 1.49. The van der Waals surface area contributed by atoms with Gasteiger partial charge in [-0.05, 0) is 37.5 Å². The third-order valence-corrected chi connectivity index (χ3v) is 2.22. The first-order valence-electron chi connectivity index (χ1n) is 4.75. The maximum absolute atomic E-state index is 11.2. The summed E-state index contributed by atoms with van der Waals surface area (Å²) in [5.41, 5.74) is 3.21. The number of benzene rings is 1. The molecular formula is C12H16O. The van der Waals surface area contributed by atoms with Crippen molar-refractivity contribution in [2.75, 3.05) is 0 Å². The molecule has 1 heteroatoms. The average molecular weight is 176 g/mol. The first-order valence-corrected chi connectivity index (χ1v) is 4.75. The number of Topliss-reactive ketones (excluding diaryl/α,β-unsaturated/α-hetero) is 1. The van der Waals surface area contributed by atoms with E-state index in [9.17, 15) is 4.79 Å². The molecule has 0 saturated carbocycles. The summed E-state index contributed by atoms with van der Waals surface area (Å²) in [6.45, 7) is 5.75. The molecule has 0 radical (unpaired) electrons. The monoisotopic (exact) mass is 176 g/mol. The summed E-state index contributed by atoms with van der Waals surface area (Å²) in [6.07, 6.45) is 2.18. The third kappa shape index (κ3) is 2.41. The van der Waals surface area contributed by atoms with E-state index in [1.165, 1.54) is 5.56 Å². The summed E-state index contributed by atoms with van der Waals surface area (Å²) in [5.74, 6) is 0.162. The maximum atomic E-state index is 11.2. The van der Waals surface area contributed by atoms with Crippen molar-refractivity contribution in [2.45, 2.75) is 33.6 Å². The van der Waals surface area contributed by atoms with E-state index in [0.717, 1.165) is 24.0 Å². The van der Waals surface area contributed by atoms with Gasteiger partial charge < -0.3 is 0 Å². The zero-order valence-electron chi connectivity index (χ0n) is 8.55. The maximum Gasteiger partial charge on any atom is 0.160 e. The van der Waals surface area contributed by atoms with Gasteiger partial charge in [-0.3, -0.25) is 4.79 Å². The van der Waals surface area contributed by atoms with Gasteiger partial charge in [0, 0.05) is 5.56 Å². The van der Waals surface area contributed by atoms with E-state index in [1.807, 2.05) is 19.1 Å². The number of aryl methyl sites for hydroxylation is 2. The third-order valence-electron chi connectivity index (χ3n) is 2.22. The Kier molecular flexibility index (Phi) is 3.24. The van der Waals surface area contributed by atoms with Gasteiger partial charge in [0.1, 0.15) is 0 Å². The van der Waals surface area contributed by atoms with Gasteiger partial charge in [-0.2, -0.15) is 0 Å². The highest BCUT2D eigenvalue weighted by atomic mass is 16.1. The topological polar surface area (TPSA) is 17.1 Å². The van der Waals surface area contributed by atoms with Gasteiger partial charge in [-0.15, -0.1) is 0 Å². The van der Waals surface area contributed by atoms with Crippen molar-refractivity contribution in [1.29, 1.82) is 0 Å². The number of hydrogen-bond donors (Lipinski definition) is 0. The molecule has 0 saturated heterocycles. The van der Waals surface area contributed by atoms with Gasteiger partial charge in [0.25, 0.3) is 0 Å². The highest BCUT2D eigenvalue weighted by Gasteiger charge is 2.03. The van der Waals surface area contributed by atoms with Crippen LogP contribution in [-0.2, 0) is 6.42 Å². The molecule has 0 aliphatic heterocycles. The van der Waals surface area contributed by atoms with Crippen molar-refractivity contribution in [3.05, 3.63) is 34.9 Å². The molecule has 70 valence electrons. The average Bonchev–Trinajstić information content (AvgIpc) is 2.08. The smallest absolute Gasteiger partial charge is 0.160 e. The van der Waals surface area contributed by atoms with Crippen molar-refractivity contribution >= 4 is 5.78 Å². The van der Waals surface area contributed by atoms with E-state index >= 15 is 0 Å². The van der Waals surface area contributed by atoms with Gasteiger partial charge in [0.2, 0.25) is 0 Å². The highest BCUT2D eigenvalue weighted by molar-refractivity contribution is 5.95. The second-order valence-corrected chi connectivity index (χ2v) is 3.46. The molecular weight excluding hydrogens is 160 g/mol. The van der Waals surface area contributed by atoms with E-state index in [2.05, 4.69) is 13.0 Å². The minimum atomic E-state index is 0.162. The quantitative estimate of drug-likeness (QED) is 0.646. The molecule has 0 spiro atoms. The van der Waals surface area contributed by atoms with Gasteiger partial charge in [0.15, 0.2) is 5.78 Å². The molecule has 0 atom stereocenters. The predicted octanol–water partition coefficient (Wildman–Crippen LogP) is 3.15. The van der Waals surface area contributed by atoms with Crippen LogP contribution in [0.25, 0.3) is 0 Å². The van der Waals surface area contributed by atoms with Gasteiger partial charge in [-0.1, -0.05) is 25.5 Å². The Bertz CT molecular complexity index is 313. The number of hydrogen-bond acceptors (Lipinski definition) is 1. The zero-order valence-corrected chi connectivity index (χ0v) is 8.55. The molecule has 0 bridgehead atoms. The molecule has 1 aromatic rings. The van der Waals surface area contributed by atoms with E-state index in [4.69, 9.17) is 0 Å². The van der Waals surface area contributed by atoms with E-state index in [0.29, 0.717) is 0 Å². The van der Waals surface area contributed by atoms with Crippen LogP contribution in [0.3, 0.4) is 0 Å². The predicted molar refractivity (Wildman–Crippen MR) is 55.2 cm³/mol. The van der Waals surface area contributed by atoms with Crippen LogP contribution in [0.1, 0.15) is 41.8 Å². The van der Waals surface area contributed by atoms with Crippen LogP contribution in [0.4, 0.5) is 0 Å². The van der Waals surface area contributed by atoms with E-state index in [1.54, 1.807) is 6.92 Å². The van der Waals surface area contributed by atoms with Crippen LogP contribution in [0.5, 0.6) is 0 Å². The standard InChI is InChI=1S/C12H16O/c1-4-5-11-7-6-9(2)12(8-11)10(3)13/h6-8H,4-5H2,1-3H3. The zero-order chi connectivity index (χ0) is 9.84. The molecule has 0 N–H and O–H groups in total. The molecule has 1 nitrogen and oxygen atoms in total. The Labute approximate surface area is 79.8 Å². The molecule has 0 aliphatic carbocycles. The lowest BCUT2D eigenvalue weighted by molar-refractivity contribution is 0.101. The largest absolute Gasteiger partial charge is 0.295 e. The SMILES string of the molecule is CCCc1ccc(C)c(C(C)=O)c1. The molecule has 0 amide bonds. The lowest BCUT2D eigenvalue weighted by Crippen LogP contribution is -1.97. The van der Waals surface area contributed by atoms with Crippen LogP contribution >= 0.6 is 0 Å². The summed E-state index contributed by atoms with van der Waals surface area (Å²) in [5, 5.41) is 0. The molecule has 0 aromatic heterocycles. The summed E-state index contributed by atoms with van der Waals surface area (Å²) >= 11 is 0. The Morgan fingerprint density at radius 2 is 2.08 bits per heavy atom. The van der Waals surface area contributed by atoms with Crippen molar-refractivity contribution in [1.82, 2.24) is 0 Å². The first-order chi connectivity index (χ1) is 6.15. The fourth-order valence-electron chi connectivity index (χ4n) is 1.49. The fraction of sp³-hybridized carbons (Fsp3) is 0.417. The van der Waals surface area contributed by atoms with Crippen molar-refractivity contribution in [3.63, 3.8) is 0 Å². The van der Waals surface area contributed by atoms with Crippen LogP contribution in [0.15, 0.2) is 18.2 Å². The molecule has 0 heterocycles. The van der Waals surface area contributed by atoms with E-state index < -0.39 is 0 Å². The molecule has 0 aliphatic rings. The summed E-state index contributed by atoms with van der Waals surface area (Å²) in [4.78, 5) is 11.2. The normalized spacial score (nSPS) is 10.1. The Morgan fingerprint density at radius 3 is 2.62 bits per heavy atom. The van der Waals surface area contributed by atoms with Crippen molar-refractivity contribution < 1.29 is 4.79 Å². The number of carbonyl (C=O) groups is 1. The van der Waals surface area contributed by atoms with Gasteiger partial charge in [-0.25, -0.2) is 0 Å². The first kappa shape index (κ1) is 9.97. The molecule has 1 aromatic carbocycles. The summed E-state index contributed by atoms with van der Waals surface area (Å²) in [6, 6.07) is 6.15. The lowest BCUT2D eigenvalue weighted by atomic mass is 10.0. The number of carbonyl (C=O) groups excluding carboxylic acids is 1. The number of ketones is 1. The van der Waals surface area contributed by atoms with Crippen LogP contribution in [0.2, 0.25) is 0 Å². The Hall–Kier alpha value is -1.11. The highest BCUT2D eigenvalue weighted by Crippen LogP contribution is 2.13. The second kappa shape index (κ2) is 4.22. The molecule has 0 unspecified atom stereocenters. The van der Waals surface area contributed by atoms with Crippen molar-refractivity contribution in [2.24, 2.45) is 0 Å². The molecule has 1 rings (SSSR count). The summed E-state index contributed by atoms with van der Waals surface area (Å²) < 4.78 is 0. The lowest BCUT2D eigenvalue weighted by Gasteiger charge is -2.04.